The highest BCUT2D eigenvalue weighted by molar-refractivity contribution is 5.11. The Morgan fingerprint density at radius 2 is 2.36 bits per heavy atom. The second-order valence-electron chi connectivity index (χ2n) is 2.66. The van der Waals surface area contributed by atoms with Crippen LogP contribution in [0.5, 0.6) is 0 Å². The summed E-state index contributed by atoms with van der Waals surface area (Å²) in [5.41, 5.74) is 1.96. The number of nitrogens with zero attached hydrogens (tertiary/aromatic N) is 2. The molecule has 0 aliphatic rings. The molecule has 0 saturated heterocycles. The van der Waals surface area contributed by atoms with E-state index < -0.39 is 0 Å². The Labute approximate surface area is 66.7 Å². The Bertz CT molecular complexity index is 230. The van der Waals surface area contributed by atoms with Crippen molar-refractivity contribution in [3.8, 4) is 0 Å². The standard InChI is InChI=1S/C8H14N2O/c1-3-4-7-8(5-11)10(2)6-9-7/h6,11H,3-5H2,1-2H3. The first-order valence-corrected chi connectivity index (χ1v) is 3.89. The van der Waals surface area contributed by atoms with E-state index in [0.29, 0.717) is 0 Å². The van der Waals surface area contributed by atoms with Gasteiger partial charge in [0.1, 0.15) is 0 Å². The predicted molar refractivity (Wildman–Crippen MR) is 43.1 cm³/mol. The molecule has 0 aliphatic heterocycles. The van der Waals surface area contributed by atoms with E-state index in [1.54, 1.807) is 6.33 Å². The van der Waals surface area contributed by atoms with Crippen molar-refractivity contribution in [2.75, 3.05) is 0 Å². The van der Waals surface area contributed by atoms with Gasteiger partial charge in [-0.05, 0) is 6.42 Å². The van der Waals surface area contributed by atoms with Crippen molar-refractivity contribution in [2.45, 2.75) is 26.4 Å². The van der Waals surface area contributed by atoms with Gasteiger partial charge in [0.25, 0.3) is 0 Å². The summed E-state index contributed by atoms with van der Waals surface area (Å²) in [7, 11) is 1.90. The summed E-state index contributed by atoms with van der Waals surface area (Å²) in [5.74, 6) is 0. The zero-order valence-corrected chi connectivity index (χ0v) is 7.04. The fourth-order valence-corrected chi connectivity index (χ4v) is 1.15. The average molecular weight is 154 g/mol. The van der Waals surface area contributed by atoms with E-state index >= 15 is 0 Å². The largest absolute Gasteiger partial charge is 0.390 e. The van der Waals surface area contributed by atoms with Gasteiger partial charge in [-0.2, -0.15) is 0 Å². The minimum Gasteiger partial charge on any atom is -0.390 e. The van der Waals surface area contributed by atoms with Crippen molar-refractivity contribution < 1.29 is 5.11 Å². The summed E-state index contributed by atoms with van der Waals surface area (Å²) in [6.45, 7) is 2.20. The highest BCUT2D eigenvalue weighted by Crippen LogP contribution is 2.07. The lowest BCUT2D eigenvalue weighted by Gasteiger charge is -1.99. The molecule has 0 atom stereocenters. The molecule has 0 radical (unpaired) electrons. The number of aliphatic hydroxyl groups excluding tert-OH is 1. The molecular formula is C8H14N2O. The molecule has 1 aromatic heterocycles. The van der Waals surface area contributed by atoms with Gasteiger partial charge in [-0.3, -0.25) is 0 Å². The molecule has 1 heterocycles. The second-order valence-corrected chi connectivity index (χ2v) is 2.66. The molecule has 1 aromatic rings. The topological polar surface area (TPSA) is 38.0 Å². The van der Waals surface area contributed by atoms with Crippen LogP contribution in [-0.4, -0.2) is 14.7 Å². The van der Waals surface area contributed by atoms with Crippen molar-refractivity contribution in [1.82, 2.24) is 9.55 Å². The lowest BCUT2D eigenvalue weighted by molar-refractivity contribution is 0.271. The molecule has 0 bridgehead atoms. The number of rotatable bonds is 3. The predicted octanol–water partition coefficient (Wildman–Crippen LogP) is 0.865. The first kappa shape index (κ1) is 8.27. The van der Waals surface area contributed by atoms with Crippen molar-refractivity contribution in [2.24, 2.45) is 7.05 Å². The molecule has 0 unspecified atom stereocenters. The van der Waals surface area contributed by atoms with Gasteiger partial charge in [-0.15, -0.1) is 0 Å². The van der Waals surface area contributed by atoms with Crippen LogP contribution in [0.25, 0.3) is 0 Å². The molecule has 0 fully saturated rings. The smallest absolute Gasteiger partial charge is 0.0949 e. The molecule has 3 heteroatoms. The van der Waals surface area contributed by atoms with Gasteiger partial charge in [-0.25, -0.2) is 4.98 Å². The van der Waals surface area contributed by atoms with Crippen molar-refractivity contribution in [3.05, 3.63) is 17.7 Å². The summed E-state index contributed by atoms with van der Waals surface area (Å²) >= 11 is 0. The van der Waals surface area contributed by atoms with Crippen LogP contribution in [0.4, 0.5) is 0 Å². The number of aliphatic hydroxyl groups is 1. The SMILES string of the molecule is CCCc1ncn(C)c1CO. The van der Waals surface area contributed by atoms with E-state index in [1.807, 2.05) is 11.6 Å². The van der Waals surface area contributed by atoms with Gasteiger partial charge in [0.2, 0.25) is 0 Å². The summed E-state index contributed by atoms with van der Waals surface area (Å²) in [4.78, 5) is 4.18. The normalized spacial score (nSPS) is 10.5. The van der Waals surface area contributed by atoms with Gasteiger partial charge >= 0.3 is 0 Å². The maximum absolute atomic E-state index is 8.95. The van der Waals surface area contributed by atoms with Crippen LogP contribution in [0.1, 0.15) is 24.7 Å². The lowest BCUT2D eigenvalue weighted by atomic mass is 10.2. The summed E-state index contributed by atoms with van der Waals surface area (Å²) < 4.78 is 1.87. The van der Waals surface area contributed by atoms with Crippen molar-refractivity contribution in [3.63, 3.8) is 0 Å². The van der Waals surface area contributed by atoms with Gasteiger partial charge in [0.05, 0.1) is 24.3 Å². The monoisotopic (exact) mass is 154 g/mol. The van der Waals surface area contributed by atoms with Crippen LogP contribution in [0.3, 0.4) is 0 Å². The number of hydrogen-bond donors (Lipinski definition) is 1. The molecule has 1 rings (SSSR count). The number of imidazole rings is 1. The van der Waals surface area contributed by atoms with Crippen LogP contribution >= 0.6 is 0 Å². The third-order valence-electron chi connectivity index (χ3n) is 1.78. The number of hydrogen-bond acceptors (Lipinski definition) is 2. The van der Waals surface area contributed by atoms with Crippen molar-refractivity contribution in [1.29, 1.82) is 0 Å². The van der Waals surface area contributed by atoms with Crippen LogP contribution in [0, 0.1) is 0 Å². The minimum atomic E-state index is 0.0891. The van der Waals surface area contributed by atoms with E-state index in [2.05, 4.69) is 11.9 Å². The third-order valence-corrected chi connectivity index (χ3v) is 1.78. The fourth-order valence-electron chi connectivity index (χ4n) is 1.15. The third kappa shape index (κ3) is 1.60. The summed E-state index contributed by atoms with van der Waals surface area (Å²) in [6, 6.07) is 0. The molecule has 62 valence electrons. The Balaban J connectivity index is 2.86. The first-order chi connectivity index (χ1) is 5.29. The Morgan fingerprint density at radius 3 is 2.91 bits per heavy atom. The Hall–Kier alpha value is -0.830. The highest BCUT2D eigenvalue weighted by Gasteiger charge is 2.05. The molecule has 0 aliphatic carbocycles. The summed E-state index contributed by atoms with van der Waals surface area (Å²) in [6.07, 6.45) is 3.78. The Morgan fingerprint density at radius 1 is 1.64 bits per heavy atom. The van der Waals surface area contributed by atoms with Crippen LogP contribution in [-0.2, 0) is 20.1 Å². The molecule has 0 amide bonds. The van der Waals surface area contributed by atoms with E-state index in [1.165, 1.54) is 0 Å². The van der Waals surface area contributed by atoms with Gasteiger partial charge in [-0.1, -0.05) is 13.3 Å². The summed E-state index contributed by atoms with van der Waals surface area (Å²) in [5, 5.41) is 8.95. The second kappa shape index (κ2) is 3.53. The fraction of sp³-hybridized carbons (Fsp3) is 0.625. The molecule has 11 heavy (non-hydrogen) atoms. The molecule has 0 spiro atoms. The van der Waals surface area contributed by atoms with Gasteiger partial charge < -0.3 is 9.67 Å². The maximum atomic E-state index is 8.95. The Kier molecular flexibility index (Phi) is 2.65. The van der Waals surface area contributed by atoms with Gasteiger partial charge in [0, 0.05) is 7.05 Å². The van der Waals surface area contributed by atoms with Crippen LogP contribution in [0.2, 0.25) is 0 Å². The van der Waals surface area contributed by atoms with Gasteiger partial charge in [0.15, 0.2) is 0 Å². The maximum Gasteiger partial charge on any atom is 0.0949 e. The van der Waals surface area contributed by atoms with Crippen molar-refractivity contribution >= 4 is 0 Å². The molecule has 3 nitrogen and oxygen atoms in total. The van der Waals surface area contributed by atoms with E-state index in [4.69, 9.17) is 5.11 Å². The number of aryl methyl sites for hydroxylation is 2. The van der Waals surface area contributed by atoms with E-state index in [-0.39, 0.29) is 6.61 Å². The average Bonchev–Trinajstić information content (AvgIpc) is 2.33. The number of aromatic nitrogens is 2. The molecule has 1 N–H and O–H groups in total. The lowest BCUT2D eigenvalue weighted by Crippen LogP contribution is -1.98. The van der Waals surface area contributed by atoms with E-state index in [0.717, 1.165) is 24.2 Å². The zero-order chi connectivity index (χ0) is 8.27. The quantitative estimate of drug-likeness (QED) is 0.701. The molecule has 0 aromatic carbocycles. The zero-order valence-electron chi connectivity index (χ0n) is 7.04. The van der Waals surface area contributed by atoms with Crippen LogP contribution in [0.15, 0.2) is 6.33 Å². The van der Waals surface area contributed by atoms with E-state index in [9.17, 15) is 0 Å². The van der Waals surface area contributed by atoms with Crippen LogP contribution < -0.4 is 0 Å². The molecular weight excluding hydrogens is 140 g/mol. The highest BCUT2D eigenvalue weighted by atomic mass is 16.3. The molecule has 0 saturated carbocycles. The first-order valence-electron chi connectivity index (χ1n) is 3.89. The minimum absolute atomic E-state index is 0.0891.